The molecule has 1 aromatic heterocycles. The second-order valence-corrected chi connectivity index (χ2v) is 3.92. The molecule has 6 heteroatoms. The third kappa shape index (κ3) is 3.23. The molecule has 0 saturated heterocycles. The predicted molar refractivity (Wildman–Crippen MR) is 65.2 cm³/mol. The van der Waals surface area contributed by atoms with Crippen LogP contribution >= 0.6 is 0 Å². The molecule has 0 amide bonds. The van der Waals surface area contributed by atoms with Crippen LogP contribution in [0, 0.1) is 0 Å². The molecule has 0 aliphatic carbocycles. The van der Waals surface area contributed by atoms with Crippen LogP contribution < -0.4 is 11.1 Å². The number of aliphatic imine (C=N–C) groups is 1. The minimum Gasteiger partial charge on any atom is -0.370 e. The summed E-state index contributed by atoms with van der Waals surface area (Å²) in [6.45, 7) is 0.710. The van der Waals surface area contributed by atoms with Crippen LogP contribution in [0.15, 0.2) is 17.4 Å². The Labute approximate surface area is 96.1 Å². The molecule has 0 saturated carbocycles. The van der Waals surface area contributed by atoms with Crippen molar-refractivity contribution in [3.63, 3.8) is 0 Å². The van der Waals surface area contributed by atoms with E-state index >= 15 is 0 Å². The number of hydrogen-bond donors (Lipinski definition) is 2. The highest BCUT2D eigenvalue weighted by Crippen LogP contribution is 2.15. The molecule has 1 heterocycles. The van der Waals surface area contributed by atoms with E-state index in [9.17, 15) is 0 Å². The molecule has 16 heavy (non-hydrogen) atoms. The van der Waals surface area contributed by atoms with Crippen LogP contribution in [0.3, 0.4) is 0 Å². The summed E-state index contributed by atoms with van der Waals surface area (Å²) in [4.78, 5) is 5.98. The smallest absolute Gasteiger partial charge is 0.188 e. The lowest BCUT2D eigenvalue weighted by atomic mass is 10.1. The number of hydrogen-bond acceptors (Lipinski definition) is 3. The zero-order valence-corrected chi connectivity index (χ0v) is 10.3. The van der Waals surface area contributed by atoms with E-state index in [0.717, 1.165) is 5.56 Å². The van der Waals surface area contributed by atoms with E-state index < -0.39 is 0 Å². The molecule has 6 nitrogen and oxygen atoms in total. The van der Waals surface area contributed by atoms with Gasteiger partial charge in [0.2, 0.25) is 0 Å². The third-order valence-electron chi connectivity index (χ3n) is 2.45. The van der Waals surface area contributed by atoms with Gasteiger partial charge in [-0.3, -0.25) is 9.67 Å². The van der Waals surface area contributed by atoms with Gasteiger partial charge in [-0.25, -0.2) is 0 Å². The maximum Gasteiger partial charge on any atom is 0.188 e. The number of likely N-dealkylation sites (N-methyl/N-ethyl adjacent to an activating group) is 1. The average molecular weight is 224 g/mol. The van der Waals surface area contributed by atoms with Crippen LogP contribution in [0.5, 0.6) is 0 Å². The zero-order valence-electron chi connectivity index (χ0n) is 10.3. The van der Waals surface area contributed by atoms with Gasteiger partial charge in [-0.05, 0) is 14.1 Å². The predicted octanol–water partition coefficient (Wildman–Crippen LogP) is -0.443. The van der Waals surface area contributed by atoms with Gasteiger partial charge < -0.3 is 16.0 Å². The van der Waals surface area contributed by atoms with Crippen molar-refractivity contribution in [2.45, 2.75) is 6.04 Å². The maximum atomic E-state index is 5.60. The number of aromatic nitrogens is 2. The normalized spacial score (nSPS) is 14.2. The molecule has 0 aliphatic heterocycles. The molecular formula is C10H20N6. The molecule has 90 valence electrons. The van der Waals surface area contributed by atoms with E-state index in [1.54, 1.807) is 11.7 Å². The van der Waals surface area contributed by atoms with E-state index in [2.05, 4.69) is 20.3 Å². The van der Waals surface area contributed by atoms with Crippen molar-refractivity contribution in [3.05, 3.63) is 18.0 Å². The molecule has 1 aromatic rings. The fraction of sp³-hybridized carbons (Fsp3) is 0.600. The minimum absolute atomic E-state index is 0.231. The first kappa shape index (κ1) is 12.5. The van der Waals surface area contributed by atoms with Crippen LogP contribution in [0.1, 0.15) is 11.6 Å². The molecule has 0 aliphatic rings. The third-order valence-corrected chi connectivity index (χ3v) is 2.45. The van der Waals surface area contributed by atoms with Gasteiger partial charge in [-0.15, -0.1) is 0 Å². The molecule has 0 bridgehead atoms. The van der Waals surface area contributed by atoms with E-state index in [4.69, 9.17) is 5.73 Å². The Hall–Kier alpha value is -1.56. The molecule has 0 spiro atoms. The second-order valence-electron chi connectivity index (χ2n) is 3.92. The second kappa shape index (κ2) is 5.50. The van der Waals surface area contributed by atoms with Crippen LogP contribution in [0.2, 0.25) is 0 Å². The van der Waals surface area contributed by atoms with Crippen LogP contribution in [0.4, 0.5) is 0 Å². The van der Waals surface area contributed by atoms with Crippen LogP contribution in [0.25, 0.3) is 0 Å². The van der Waals surface area contributed by atoms with Gasteiger partial charge in [0.1, 0.15) is 0 Å². The molecule has 1 unspecified atom stereocenters. The summed E-state index contributed by atoms with van der Waals surface area (Å²) >= 11 is 0. The van der Waals surface area contributed by atoms with Crippen LogP contribution in [-0.4, -0.2) is 48.3 Å². The van der Waals surface area contributed by atoms with Gasteiger partial charge in [0.25, 0.3) is 0 Å². The number of aryl methyl sites for hydroxylation is 1. The molecular weight excluding hydrogens is 204 g/mol. The Balaban J connectivity index is 2.69. The molecule has 1 atom stereocenters. The lowest BCUT2D eigenvalue weighted by Crippen LogP contribution is -2.38. The molecule has 3 N–H and O–H groups in total. The van der Waals surface area contributed by atoms with Crippen molar-refractivity contribution in [1.29, 1.82) is 0 Å². The van der Waals surface area contributed by atoms with Gasteiger partial charge in [0.15, 0.2) is 5.96 Å². The number of guanidine groups is 1. The van der Waals surface area contributed by atoms with Gasteiger partial charge >= 0.3 is 0 Å². The van der Waals surface area contributed by atoms with Crippen molar-refractivity contribution in [1.82, 2.24) is 20.0 Å². The first-order chi connectivity index (χ1) is 7.54. The van der Waals surface area contributed by atoms with Crippen molar-refractivity contribution in [3.8, 4) is 0 Å². The van der Waals surface area contributed by atoms with Gasteiger partial charge in [0.05, 0.1) is 12.2 Å². The fourth-order valence-corrected chi connectivity index (χ4v) is 1.49. The SMILES string of the molecule is CN=C(N)NCC(c1cnn(C)c1)N(C)C. The first-order valence-corrected chi connectivity index (χ1v) is 5.15. The summed E-state index contributed by atoms with van der Waals surface area (Å²) in [5.74, 6) is 0.454. The molecule has 0 radical (unpaired) electrons. The Kier molecular flexibility index (Phi) is 4.30. The summed E-state index contributed by atoms with van der Waals surface area (Å²) in [5.41, 5.74) is 6.76. The molecule has 1 rings (SSSR count). The highest BCUT2D eigenvalue weighted by Gasteiger charge is 2.15. The van der Waals surface area contributed by atoms with E-state index in [1.165, 1.54) is 0 Å². The zero-order chi connectivity index (χ0) is 12.1. The summed E-state index contributed by atoms with van der Waals surface area (Å²) in [5, 5.41) is 7.24. The van der Waals surface area contributed by atoms with Crippen molar-refractivity contribution in [2.24, 2.45) is 17.8 Å². The van der Waals surface area contributed by atoms with Crippen LogP contribution in [-0.2, 0) is 7.05 Å². The minimum atomic E-state index is 0.231. The number of nitrogens with one attached hydrogen (secondary N) is 1. The monoisotopic (exact) mass is 224 g/mol. The lowest BCUT2D eigenvalue weighted by molar-refractivity contribution is 0.298. The topological polar surface area (TPSA) is 71.5 Å². The summed E-state index contributed by atoms with van der Waals surface area (Å²) in [6.07, 6.45) is 3.87. The number of nitrogens with two attached hydrogens (primary N) is 1. The van der Waals surface area contributed by atoms with Gasteiger partial charge in [-0.1, -0.05) is 0 Å². The summed E-state index contributed by atoms with van der Waals surface area (Å²) < 4.78 is 1.79. The number of nitrogens with zero attached hydrogens (tertiary/aromatic N) is 4. The molecule has 0 fully saturated rings. The number of rotatable bonds is 4. The molecule has 0 aromatic carbocycles. The quantitative estimate of drug-likeness (QED) is 0.537. The largest absolute Gasteiger partial charge is 0.370 e. The van der Waals surface area contributed by atoms with E-state index in [1.807, 2.05) is 33.5 Å². The average Bonchev–Trinajstić information content (AvgIpc) is 2.64. The Morgan fingerprint density at radius 3 is 2.81 bits per heavy atom. The van der Waals surface area contributed by atoms with Crippen molar-refractivity contribution < 1.29 is 0 Å². The Morgan fingerprint density at radius 2 is 2.38 bits per heavy atom. The Bertz CT molecular complexity index is 354. The maximum absolute atomic E-state index is 5.60. The van der Waals surface area contributed by atoms with Gasteiger partial charge in [0, 0.05) is 32.4 Å². The van der Waals surface area contributed by atoms with Gasteiger partial charge in [-0.2, -0.15) is 5.10 Å². The highest BCUT2D eigenvalue weighted by molar-refractivity contribution is 5.77. The standard InChI is InChI=1S/C10H20N6/c1-12-10(11)13-6-9(15(2)3)8-5-14-16(4)7-8/h5,7,9H,6H2,1-4H3,(H3,11,12,13). The fourth-order valence-electron chi connectivity index (χ4n) is 1.49. The van der Waals surface area contributed by atoms with E-state index in [0.29, 0.717) is 12.5 Å². The first-order valence-electron chi connectivity index (χ1n) is 5.15. The van der Waals surface area contributed by atoms with Crippen molar-refractivity contribution in [2.75, 3.05) is 27.7 Å². The van der Waals surface area contributed by atoms with Crippen molar-refractivity contribution >= 4 is 5.96 Å². The lowest BCUT2D eigenvalue weighted by Gasteiger charge is -2.23. The van der Waals surface area contributed by atoms with E-state index in [-0.39, 0.29) is 6.04 Å². The summed E-state index contributed by atoms with van der Waals surface area (Å²) in [6, 6.07) is 0.231. The Morgan fingerprint density at radius 1 is 1.69 bits per heavy atom. The summed E-state index contributed by atoms with van der Waals surface area (Å²) in [7, 11) is 7.62. The highest BCUT2D eigenvalue weighted by atomic mass is 15.2.